The largest absolute Gasteiger partial charge is 0.435 e. The smallest absolute Gasteiger partial charge is 0.301 e. The monoisotopic (exact) mass is 454 g/mol. The number of anilines is 2. The summed E-state index contributed by atoms with van der Waals surface area (Å²) in [4.78, 5) is 11.7. The Morgan fingerprint density at radius 1 is 1.16 bits per heavy atom. The molecule has 0 fully saturated rings. The second-order valence-corrected chi connectivity index (χ2v) is 7.92. The molecule has 0 radical (unpaired) electrons. The van der Waals surface area contributed by atoms with Crippen molar-refractivity contribution in [2.24, 2.45) is 0 Å². The van der Waals surface area contributed by atoms with Gasteiger partial charge in [0.25, 0.3) is 0 Å². The summed E-state index contributed by atoms with van der Waals surface area (Å²) in [7, 11) is -3.10. The molecule has 0 saturated carbocycles. The molecular formula is C18H17F3N6O3S. The number of nitrogens with one attached hydrogen (secondary N) is 1. The average Bonchev–Trinajstić information content (AvgIpc) is 2.74. The molecule has 0 saturated heterocycles. The van der Waals surface area contributed by atoms with Crippen molar-refractivity contribution in [3.05, 3.63) is 54.1 Å². The van der Waals surface area contributed by atoms with Crippen LogP contribution in [0.15, 0.2) is 36.7 Å². The lowest BCUT2D eigenvalue weighted by molar-refractivity contribution is 0.401. The summed E-state index contributed by atoms with van der Waals surface area (Å²) in [6.07, 6.45) is 2.69. The molecule has 0 amide bonds. The van der Waals surface area contributed by atoms with Gasteiger partial charge in [0.05, 0.1) is 11.3 Å². The number of hydrogen-bond donors (Lipinski definition) is 2. The minimum atomic E-state index is -4.29. The molecule has 0 aliphatic heterocycles. The van der Waals surface area contributed by atoms with Crippen molar-refractivity contribution in [1.29, 1.82) is 0 Å². The highest BCUT2D eigenvalue weighted by Crippen LogP contribution is 2.35. The van der Waals surface area contributed by atoms with Crippen LogP contribution in [0.1, 0.15) is 6.92 Å². The third-order valence-corrected chi connectivity index (χ3v) is 5.68. The minimum absolute atomic E-state index is 0.0260. The van der Waals surface area contributed by atoms with Gasteiger partial charge in [0.2, 0.25) is 17.6 Å². The van der Waals surface area contributed by atoms with E-state index in [4.69, 9.17) is 10.5 Å². The van der Waals surface area contributed by atoms with Crippen LogP contribution in [0.5, 0.6) is 11.6 Å². The Hall–Kier alpha value is -3.45. The van der Waals surface area contributed by atoms with Crippen LogP contribution in [0, 0.1) is 17.5 Å². The Labute approximate surface area is 175 Å². The number of benzene rings is 1. The SMILES string of the molecule is CCN(C)S(=O)(=O)Nc1c(F)cc(Oc2ncccc2-c2ccnc(N)n2)c(F)c1F. The van der Waals surface area contributed by atoms with Crippen LogP contribution in [0.25, 0.3) is 11.3 Å². The molecule has 2 heterocycles. The first-order valence-corrected chi connectivity index (χ1v) is 10.2. The van der Waals surface area contributed by atoms with Gasteiger partial charge in [-0.25, -0.2) is 23.7 Å². The first-order valence-electron chi connectivity index (χ1n) is 8.77. The van der Waals surface area contributed by atoms with Crippen molar-refractivity contribution >= 4 is 21.8 Å². The zero-order chi connectivity index (χ0) is 22.8. The fourth-order valence-corrected chi connectivity index (χ4v) is 3.35. The zero-order valence-electron chi connectivity index (χ0n) is 16.3. The fourth-order valence-electron chi connectivity index (χ4n) is 2.41. The predicted octanol–water partition coefficient (Wildman–Crippen LogP) is 2.94. The van der Waals surface area contributed by atoms with Gasteiger partial charge >= 0.3 is 10.2 Å². The van der Waals surface area contributed by atoms with Gasteiger partial charge in [-0.1, -0.05) is 6.92 Å². The molecule has 1 aromatic carbocycles. The van der Waals surface area contributed by atoms with Crippen LogP contribution < -0.4 is 15.2 Å². The van der Waals surface area contributed by atoms with E-state index in [2.05, 4.69) is 15.0 Å². The Bertz CT molecular complexity index is 1230. The number of nitrogens with zero attached hydrogens (tertiary/aromatic N) is 4. The topological polar surface area (TPSA) is 123 Å². The van der Waals surface area contributed by atoms with Crippen molar-refractivity contribution in [2.75, 3.05) is 24.0 Å². The number of aromatic nitrogens is 3. The number of rotatable bonds is 7. The summed E-state index contributed by atoms with van der Waals surface area (Å²) in [6, 6.07) is 5.06. The molecule has 3 aromatic rings. The van der Waals surface area contributed by atoms with E-state index in [1.807, 2.05) is 0 Å². The van der Waals surface area contributed by atoms with Crippen molar-refractivity contribution in [2.45, 2.75) is 6.92 Å². The van der Waals surface area contributed by atoms with E-state index in [0.717, 1.165) is 4.31 Å². The Kier molecular flexibility index (Phi) is 6.27. The summed E-state index contributed by atoms with van der Waals surface area (Å²) in [5.41, 5.74) is 4.92. The van der Waals surface area contributed by atoms with E-state index in [9.17, 15) is 21.6 Å². The van der Waals surface area contributed by atoms with Crippen molar-refractivity contribution in [1.82, 2.24) is 19.3 Å². The van der Waals surface area contributed by atoms with Crippen molar-refractivity contribution < 1.29 is 26.3 Å². The number of pyridine rings is 1. The lowest BCUT2D eigenvalue weighted by atomic mass is 10.2. The number of hydrogen-bond acceptors (Lipinski definition) is 7. The first-order chi connectivity index (χ1) is 14.6. The molecule has 31 heavy (non-hydrogen) atoms. The highest BCUT2D eigenvalue weighted by atomic mass is 32.2. The number of ether oxygens (including phenoxy) is 1. The van der Waals surface area contributed by atoms with Crippen molar-refractivity contribution in [3.8, 4) is 22.9 Å². The summed E-state index contributed by atoms with van der Waals surface area (Å²) in [6.45, 7) is 1.54. The van der Waals surface area contributed by atoms with Crippen LogP contribution in [-0.2, 0) is 10.2 Å². The van der Waals surface area contributed by atoms with Crippen LogP contribution in [0.4, 0.5) is 24.8 Å². The maximum atomic E-state index is 14.6. The third kappa shape index (κ3) is 4.67. The molecule has 13 heteroatoms. The second kappa shape index (κ2) is 8.73. The molecule has 0 spiro atoms. The third-order valence-electron chi connectivity index (χ3n) is 4.14. The van der Waals surface area contributed by atoms with Gasteiger partial charge in [-0.3, -0.25) is 4.72 Å². The summed E-state index contributed by atoms with van der Waals surface area (Å²) in [5.74, 6) is -5.86. The predicted molar refractivity (Wildman–Crippen MR) is 107 cm³/mol. The first kappa shape index (κ1) is 22.2. The zero-order valence-corrected chi connectivity index (χ0v) is 17.1. The molecule has 9 nitrogen and oxygen atoms in total. The molecule has 2 aromatic heterocycles. The molecule has 0 aliphatic rings. The highest BCUT2D eigenvalue weighted by Gasteiger charge is 2.26. The van der Waals surface area contributed by atoms with E-state index in [-0.39, 0.29) is 29.6 Å². The summed E-state index contributed by atoms with van der Waals surface area (Å²) < 4.78 is 75.4. The number of halogens is 3. The van der Waals surface area contributed by atoms with Gasteiger partial charge < -0.3 is 10.5 Å². The van der Waals surface area contributed by atoms with Crippen LogP contribution in [0.3, 0.4) is 0 Å². The number of nitrogens with two attached hydrogens (primary N) is 1. The Morgan fingerprint density at radius 2 is 1.90 bits per heavy atom. The van der Waals surface area contributed by atoms with Crippen molar-refractivity contribution in [3.63, 3.8) is 0 Å². The minimum Gasteiger partial charge on any atom is -0.435 e. The quantitative estimate of drug-likeness (QED) is 0.526. The van der Waals surface area contributed by atoms with Gasteiger partial charge in [0.1, 0.15) is 5.69 Å². The van der Waals surface area contributed by atoms with Gasteiger partial charge in [-0.15, -0.1) is 0 Å². The van der Waals surface area contributed by atoms with E-state index in [1.165, 1.54) is 38.5 Å². The normalized spacial score (nSPS) is 11.5. The lowest BCUT2D eigenvalue weighted by Gasteiger charge is -2.18. The van der Waals surface area contributed by atoms with E-state index >= 15 is 0 Å². The molecule has 0 aliphatic carbocycles. The standard InChI is InChI=1S/C18H17F3N6O3S/c1-3-27(2)31(28,29)26-16-11(19)9-13(14(20)15(16)21)30-17-10(5-4-7-23-17)12-6-8-24-18(22)25-12/h4-9,26H,3H2,1-2H3,(H2,22,24,25). The average molecular weight is 454 g/mol. The van der Waals surface area contributed by atoms with E-state index < -0.39 is 39.1 Å². The fraction of sp³-hybridized carbons (Fsp3) is 0.167. The van der Waals surface area contributed by atoms with E-state index in [0.29, 0.717) is 6.07 Å². The molecule has 0 unspecified atom stereocenters. The molecular weight excluding hydrogens is 437 g/mol. The van der Waals surface area contributed by atoms with Crippen LogP contribution >= 0.6 is 0 Å². The Balaban J connectivity index is 2.00. The molecule has 164 valence electrons. The van der Waals surface area contributed by atoms with Gasteiger partial charge in [0, 0.05) is 32.1 Å². The molecule has 0 bridgehead atoms. The van der Waals surface area contributed by atoms with Gasteiger partial charge in [-0.05, 0) is 18.2 Å². The molecule has 0 atom stereocenters. The molecule has 3 N–H and O–H groups in total. The van der Waals surface area contributed by atoms with Gasteiger partial charge in [0.15, 0.2) is 17.4 Å². The number of nitrogen functional groups attached to an aromatic ring is 1. The summed E-state index contributed by atoms with van der Waals surface area (Å²) in [5, 5.41) is 0. The van der Waals surface area contributed by atoms with Crippen LogP contribution in [0.2, 0.25) is 0 Å². The highest BCUT2D eigenvalue weighted by molar-refractivity contribution is 7.90. The lowest BCUT2D eigenvalue weighted by Crippen LogP contribution is -2.33. The molecule has 3 rings (SSSR count). The Morgan fingerprint density at radius 3 is 2.58 bits per heavy atom. The maximum Gasteiger partial charge on any atom is 0.301 e. The second-order valence-electron chi connectivity index (χ2n) is 6.14. The van der Waals surface area contributed by atoms with Gasteiger partial charge in [-0.2, -0.15) is 17.1 Å². The summed E-state index contributed by atoms with van der Waals surface area (Å²) >= 11 is 0. The van der Waals surface area contributed by atoms with Crippen LogP contribution in [-0.4, -0.2) is 41.3 Å². The van der Waals surface area contributed by atoms with E-state index in [1.54, 1.807) is 10.8 Å². The maximum absolute atomic E-state index is 14.6.